The van der Waals surface area contributed by atoms with E-state index in [4.69, 9.17) is 4.74 Å². The van der Waals surface area contributed by atoms with Crippen molar-refractivity contribution in [3.05, 3.63) is 12.7 Å². The number of hydrogen-bond acceptors (Lipinski definition) is 2. The Kier molecular flexibility index (Phi) is 6.20. The van der Waals surface area contributed by atoms with Crippen molar-refractivity contribution < 1.29 is 9.53 Å². The maximum Gasteiger partial charge on any atom is 0.306 e. The molecule has 4 aliphatic rings. The van der Waals surface area contributed by atoms with Gasteiger partial charge in [-0.2, -0.15) is 0 Å². The van der Waals surface area contributed by atoms with E-state index in [0.29, 0.717) is 29.8 Å². The first-order chi connectivity index (χ1) is 13.9. The fourth-order valence-corrected chi connectivity index (χ4v) is 9.04. The summed E-state index contributed by atoms with van der Waals surface area (Å²) in [6.45, 7) is 11.7. The summed E-state index contributed by atoms with van der Waals surface area (Å²) in [7, 11) is 0. The van der Waals surface area contributed by atoms with Crippen LogP contribution in [0.2, 0.25) is 0 Å². The largest absolute Gasteiger partial charge is 0.461 e. The lowest BCUT2D eigenvalue weighted by molar-refractivity contribution is -0.143. The summed E-state index contributed by atoms with van der Waals surface area (Å²) in [5.74, 6) is 5.27. The van der Waals surface area contributed by atoms with E-state index in [1.165, 1.54) is 64.2 Å². The van der Waals surface area contributed by atoms with Gasteiger partial charge in [0.05, 0.1) is 0 Å². The Bertz CT molecular complexity index is 612. The number of carbonyl (C=O) groups excluding carboxylic acids is 1. The van der Waals surface area contributed by atoms with E-state index in [1.54, 1.807) is 6.08 Å². The van der Waals surface area contributed by atoms with Crippen LogP contribution in [-0.4, -0.2) is 12.6 Å². The summed E-state index contributed by atoms with van der Waals surface area (Å²) >= 11 is 0. The molecule has 0 amide bonds. The van der Waals surface area contributed by atoms with Gasteiger partial charge in [-0.15, -0.1) is 0 Å². The van der Waals surface area contributed by atoms with Gasteiger partial charge in [0.15, 0.2) is 0 Å². The quantitative estimate of drug-likeness (QED) is 0.348. The predicted octanol–water partition coefficient (Wildman–Crippen LogP) is 7.18. The topological polar surface area (TPSA) is 26.3 Å². The number of carbonyl (C=O) groups is 1. The lowest BCUT2D eigenvalue weighted by Gasteiger charge is -2.61. The van der Waals surface area contributed by atoms with E-state index in [-0.39, 0.29) is 5.97 Å². The molecule has 8 atom stereocenters. The zero-order chi connectivity index (χ0) is 20.6. The molecular weight excluding hydrogens is 356 g/mol. The Morgan fingerprint density at radius 2 is 1.83 bits per heavy atom. The average Bonchev–Trinajstić information content (AvgIpc) is 3.07. The number of esters is 1. The fraction of sp³-hybridized carbons (Fsp3) is 0.889. The smallest absolute Gasteiger partial charge is 0.306 e. The van der Waals surface area contributed by atoms with E-state index in [0.717, 1.165) is 36.0 Å². The summed E-state index contributed by atoms with van der Waals surface area (Å²) in [6.07, 6.45) is 17.9. The van der Waals surface area contributed by atoms with Crippen LogP contribution in [-0.2, 0) is 9.53 Å². The number of hydrogen-bond donors (Lipinski definition) is 0. The number of rotatable bonds is 6. The van der Waals surface area contributed by atoms with Crippen LogP contribution in [0.1, 0.15) is 97.8 Å². The molecule has 164 valence electrons. The summed E-state index contributed by atoms with van der Waals surface area (Å²) in [4.78, 5) is 12.0. The standard InChI is InChI=1S/C27H44O2/c1-5-18-29-25(28)14-9-19(2)22-12-13-23-21-11-10-20-8-6-7-16-26(20,3)24(21)15-17-27(22,23)4/h5,19-24H,1,6-18H2,2-4H3/t19-,20+,21+,22?,23?,24?,26+,27-/m1/s1. The van der Waals surface area contributed by atoms with Gasteiger partial charge < -0.3 is 4.74 Å². The molecule has 0 bridgehead atoms. The molecule has 0 aromatic heterocycles. The van der Waals surface area contributed by atoms with Crippen molar-refractivity contribution in [2.24, 2.45) is 46.3 Å². The highest BCUT2D eigenvalue weighted by molar-refractivity contribution is 5.69. The van der Waals surface area contributed by atoms with Crippen molar-refractivity contribution in [3.8, 4) is 0 Å². The minimum atomic E-state index is -0.0521. The van der Waals surface area contributed by atoms with Crippen molar-refractivity contribution in [1.29, 1.82) is 0 Å². The van der Waals surface area contributed by atoms with Crippen LogP contribution in [0.25, 0.3) is 0 Å². The van der Waals surface area contributed by atoms with Gasteiger partial charge in [-0.05, 0) is 104 Å². The predicted molar refractivity (Wildman–Crippen MR) is 119 cm³/mol. The van der Waals surface area contributed by atoms with E-state index in [9.17, 15) is 4.79 Å². The van der Waals surface area contributed by atoms with Crippen molar-refractivity contribution in [3.63, 3.8) is 0 Å². The molecule has 0 aliphatic heterocycles. The van der Waals surface area contributed by atoms with Crippen LogP contribution >= 0.6 is 0 Å². The Morgan fingerprint density at radius 1 is 1.03 bits per heavy atom. The van der Waals surface area contributed by atoms with E-state index in [2.05, 4.69) is 27.4 Å². The van der Waals surface area contributed by atoms with E-state index >= 15 is 0 Å². The molecule has 4 fully saturated rings. The van der Waals surface area contributed by atoms with Gasteiger partial charge in [-0.25, -0.2) is 0 Å². The normalized spacial score (nSPS) is 44.9. The summed E-state index contributed by atoms with van der Waals surface area (Å²) in [5, 5.41) is 0. The van der Waals surface area contributed by atoms with Crippen molar-refractivity contribution in [2.75, 3.05) is 6.61 Å². The first-order valence-corrected chi connectivity index (χ1v) is 12.7. The lowest BCUT2D eigenvalue weighted by atomic mass is 9.44. The molecule has 0 N–H and O–H groups in total. The maximum atomic E-state index is 12.0. The Morgan fingerprint density at radius 3 is 2.62 bits per heavy atom. The molecule has 0 aromatic carbocycles. The highest BCUT2D eigenvalue weighted by atomic mass is 16.5. The monoisotopic (exact) mass is 400 g/mol. The van der Waals surface area contributed by atoms with Gasteiger partial charge in [0.25, 0.3) is 0 Å². The second-order valence-corrected chi connectivity index (χ2v) is 11.6. The zero-order valence-corrected chi connectivity index (χ0v) is 19.3. The Balaban J connectivity index is 1.42. The van der Waals surface area contributed by atoms with Gasteiger partial charge >= 0.3 is 5.97 Å². The second kappa shape index (κ2) is 8.39. The van der Waals surface area contributed by atoms with Crippen LogP contribution in [0.4, 0.5) is 0 Å². The van der Waals surface area contributed by atoms with Crippen molar-refractivity contribution in [2.45, 2.75) is 97.8 Å². The third kappa shape index (κ3) is 3.72. The first-order valence-electron chi connectivity index (χ1n) is 12.7. The third-order valence-electron chi connectivity index (χ3n) is 10.5. The highest BCUT2D eigenvalue weighted by Gasteiger charge is 2.60. The van der Waals surface area contributed by atoms with E-state index < -0.39 is 0 Å². The Hall–Kier alpha value is -0.790. The fourth-order valence-electron chi connectivity index (χ4n) is 9.04. The SMILES string of the molecule is C=CCOC(=O)CC[C@@H](C)C1CCC2[C@@H]3CC[C@@H]4CCCC[C@]4(C)C3CC[C@@]21C. The molecular formula is C27H44O2. The summed E-state index contributed by atoms with van der Waals surface area (Å²) in [5.41, 5.74) is 1.14. The number of ether oxygens (including phenoxy) is 1. The molecule has 0 spiro atoms. The molecule has 4 aliphatic carbocycles. The molecule has 2 nitrogen and oxygen atoms in total. The molecule has 0 heterocycles. The summed E-state index contributed by atoms with van der Waals surface area (Å²) < 4.78 is 5.21. The Labute approximate surface area is 179 Å². The maximum absolute atomic E-state index is 12.0. The molecule has 2 heteroatoms. The van der Waals surface area contributed by atoms with Gasteiger partial charge in [-0.1, -0.05) is 46.3 Å². The highest BCUT2D eigenvalue weighted by Crippen LogP contribution is 2.68. The van der Waals surface area contributed by atoms with E-state index in [1.807, 2.05) is 0 Å². The second-order valence-electron chi connectivity index (χ2n) is 11.6. The minimum absolute atomic E-state index is 0.0521. The van der Waals surface area contributed by atoms with Gasteiger partial charge in [0.1, 0.15) is 6.61 Å². The van der Waals surface area contributed by atoms with Crippen LogP contribution in [0, 0.1) is 46.3 Å². The molecule has 0 radical (unpaired) electrons. The molecule has 29 heavy (non-hydrogen) atoms. The minimum Gasteiger partial charge on any atom is -0.461 e. The third-order valence-corrected chi connectivity index (χ3v) is 10.5. The van der Waals surface area contributed by atoms with Gasteiger partial charge in [-0.3, -0.25) is 4.79 Å². The van der Waals surface area contributed by atoms with Gasteiger partial charge in [0, 0.05) is 6.42 Å². The lowest BCUT2D eigenvalue weighted by Crippen LogP contribution is -2.53. The van der Waals surface area contributed by atoms with Crippen LogP contribution < -0.4 is 0 Å². The van der Waals surface area contributed by atoms with Crippen LogP contribution in [0.15, 0.2) is 12.7 Å². The molecule has 4 saturated carbocycles. The summed E-state index contributed by atoms with van der Waals surface area (Å²) in [6, 6.07) is 0. The first kappa shape index (κ1) is 21.4. The molecule has 3 unspecified atom stereocenters. The zero-order valence-electron chi connectivity index (χ0n) is 19.3. The average molecular weight is 401 g/mol. The molecule has 0 aromatic rings. The molecule has 4 rings (SSSR count). The van der Waals surface area contributed by atoms with Crippen LogP contribution in [0.3, 0.4) is 0 Å². The molecule has 0 saturated heterocycles. The van der Waals surface area contributed by atoms with Gasteiger partial charge in [0.2, 0.25) is 0 Å². The van der Waals surface area contributed by atoms with Crippen molar-refractivity contribution in [1.82, 2.24) is 0 Å². The van der Waals surface area contributed by atoms with Crippen molar-refractivity contribution >= 4 is 5.97 Å². The number of fused-ring (bicyclic) bond motifs is 5. The van der Waals surface area contributed by atoms with Crippen LogP contribution in [0.5, 0.6) is 0 Å².